The van der Waals surface area contributed by atoms with Gasteiger partial charge >= 0.3 is 0 Å². The SMILES string of the molecule is COCCOC1CCN(Cc2coc(C(C)C)n2)CC1. The molecule has 0 bridgehead atoms. The molecule has 1 aromatic rings. The Balaban J connectivity index is 1.71. The predicted molar refractivity (Wildman–Crippen MR) is 76.7 cm³/mol. The van der Waals surface area contributed by atoms with E-state index in [0.29, 0.717) is 25.2 Å². The summed E-state index contributed by atoms with van der Waals surface area (Å²) in [4.78, 5) is 6.94. The lowest BCUT2D eigenvalue weighted by Gasteiger charge is -2.31. The zero-order valence-corrected chi connectivity index (χ0v) is 12.8. The summed E-state index contributed by atoms with van der Waals surface area (Å²) in [6, 6.07) is 0. The van der Waals surface area contributed by atoms with Crippen LogP contribution in [0.2, 0.25) is 0 Å². The second kappa shape index (κ2) is 7.76. The zero-order valence-electron chi connectivity index (χ0n) is 12.8. The Morgan fingerprint density at radius 1 is 1.35 bits per heavy atom. The van der Waals surface area contributed by atoms with Crippen LogP contribution in [-0.4, -0.2) is 49.4 Å². The Morgan fingerprint density at radius 2 is 2.10 bits per heavy atom. The van der Waals surface area contributed by atoms with E-state index < -0.39 is 0 Å². The van der Waals surface area contributed by atoms with Gasteiger partial charge < -0.3 is 13.9 Å². The molecule has 0 spiro atoms. The Morgan fingerprint density at radius 3 is 2.70 bits per heavy atom. The van der Waals surface area contributed by atoms with E-state index in [1.807, 2.05) is 0 Å². The van der Waals surface area contributed by atoms with Crippen LogP contribution in [-0.2, 0) is 16.0 Å². The van der Waals surface area contributed by atoms with Gasteiger partial charge in [0.1, 0.15) is 6.26 Å². The summed E-state index contributed by atoms with van der Waals surface area (Å²) < 4.78 is 16.2. The summed E-state index contributed by atoms with van der Waals surface area (Å²) in [5.74, 6) is 1.18. The summed E-state index contributed by atoms with van der Waals surface area (Å²) in [6.07, 6.45) is 4.33. The van der Waals surface area contributed by atoms with E-state index in [0.717, 1.165) is 44.1 Å². The van der Waals surface area contributed by atoms with E-state index in [1.165, 1.54) is 0 Å². The predicted octanol–water partition coefficient (Wildman–Crippen LogP) is 2.43. The summed E-state index contributed by atoms with van der Waals surface area (Å²) >= 11 is 0. The minimum atomic E-state index is 0.351. The molecule has 0 N–H and O–H groups in total. The van der Waals surface area contributed by atoms with Crippen molar-refractivity contribution in [3.8, 4) is 0 Å². The number of piperidine rings is 1. The topological polar surface area (TPSA) is 47.7 Å². The molecule has 0 aliphatic carbocycles. The molecular formula is C15H26N2O3. The van der Waals surface area contributed by atoms with Gasteiger partial charge in [0.15, 0.2) is 5.89 Å². The minimum Gasteiger partial charge on any atom is -0.448 e. The molecule has 0 saturated carbocycles. The highest BCUT2D eigenvalue weighted by Gasteiger charge is 2.20. The van der Waals surface area contributed by atoms with Crippen LogP contribution < -0.4 is 0 Å². The van der Waals surface area contributed by atoms with Crippen LogP contribution in [0.3, 0.4) is 0 Å². The van der Waals surface area contributed by atoms with Crippen LogP contribution in [0.25, 0.3) is 0 Å². The maximum atomic E-state index is 5.77. The van der Waals surface area contributed by atoms with E-state index in [1.54, 1.807) is 13.4 Å². The molecule has 5 heteroatoms. The van der Waals surface area contributed by atoms with E-state index in [9.17, 15) is 0 Å². The van der Waals surface area contributed by atoms with Crippen LogP contribution in [0, 0.1) is 0 Å². The molecule has 2 rings (SSSR count). The molecule has 0 amide bonds. The number of hydrogen-bond donors (Lipinski definition) is 0. The normalized spacial score (nSPS) is 18.0. The summed E-state index contributed by atoms with van der Waals surface area (Å²) in [6.45, 7) is 8.56. The summed E-state index contributed by atoms with van der Waals surface area (Å²) in [5, 5.41) is 0. The zero-order chi connectivity index (χ0) is 14.4. The lowest BCUT2D eigenvalue weighted by Crippen LogP contribution is -2.37. The first kappa shape index (κ1) is 15.5. The molecule has 1 saturated heterocycles. The number of hydrogen-bond acceptors (Lipinski definition) is 5. The molecule has 20 heavy (non-hydrogen) atoms. The highest BCUT2D eigenvalue weighted by atomic mass is 16.5. The average molecular weight is 282 g/mol. The van der Waals surface area contributed by atoms with E-state index in [2.05, 4.69) is 23.7 Å². The monoisotopic (exact) mass is 282 g/mol. The number of aromatic nitrogens is 1. The van der Waals surface area contributed by atoms with Crippen LogP contribution in [0.15, 0.2) is 10.7 Å². The van der Waals surface area contributed by atoms with Gasteiger partial charge in [0, 0.05) is 32.7 Å². The molecule has 0 aromatic carbocycles. The van der Waals surface area contributed by atoms with Gasteiger partial charge in [0.25, 0.3) is 0 Å². The van der Waals surface area contributed by atoms with Crippen molar-refractivity contribution in [2.24, 2.45) is 0 Å². The third kappa shape index (κ3) is 4.58. The van der Waals surface area contributed by atoms with E-state index >= 15 is 0 Å². The number of rotatable bonds is 7. The van der Waals surface area contributed by atoms with Crippen LogP contribution in [0.5, 0.6) is 0 Å². The number of ether oxygens (including phenoxy) is 2. The first-order chi connectivity index (χ1) is 9.69. The fraction of sp³-hybridized carbons (Fsp3) is 0.800. The maximum Gasteiger partial charge on any atom is 0.196 e. The lowest BCUT2D eigenvalue weighted by atomic mass is 10.1. The summed E-state index contributed by atoms with van der Waals surface area (Å²) in [7, 11) is 1.70. The van der Waals surface area contributed by atoms with Crippen molar-refractivity contribution in [3.63, 3.8) is 0 Å². The van der Waals surface area contributed by atoms with Crippen molar-refractivity contribution < 1.29 is 13.9 Å². The van der Waals surface area contributed by atoms with Crippen molar-refractivity contribution in [2.75, 3.05) is 33.4 Å². The van der Waals surface area contributed by atoms with Gasteiger partial charge in [-0.25, -0.2) is 4.98 Å². The van der Waals surface area contributed by atoms with Crippen molar-refractivity contribution in [1.82, 2.24) is 9.88 Å². The second-order valence-corrected chi connectivity index (χ2v) is 5.67. The third-order valence-corrected chi connectivity index (χ3v) is 3.62. The molecule has 2 heterocycles. The Hall–Kier alpha value is -0.910. The van der Waals surface area contributed by atoms with Crippen LogP contribution in [0.1, 0.15) is 44.2 Å². The quantitative estimate of drug-likeness (QED) is 0.719. The molecule has 1 aromatic heterocycles. The molecular weight excluding hydrogens is 256 g/mol. The van der Waals surface area contributed by atoms with Gasteiger partial charge in [-0.05, 0) is 12.8 Å². The van der Waals surface area contributed by atoms with Crippen molar-refractivity contribution in [2.45, 2.75) is 45.3 Å². The largest absolute Gasteiger partial charge is 0.448 e. The van der Waals surface area contributed by atoms with Crippen LogP contribution in [0.4, 0.5) is 0 Å². The molecule has 1 aliphatic rings. The number of nitrogens with zero attached hydrogens (tertiary/aromatic N) is 2. The van der Waals surface area contributed by atoms with Gasteiger partial charge in [-0.1, -0.05) is 13.8 Å². The molecule has 1 aliphatic heterocycles. The Kier molecular flexibility index (Phi) is 6.01. The van der Waals surface area contributed by atoms with Crippen molar-refractivity contribution in [1.29, 1.82) is 0 Å². The number of methoxy groups -OCH3 is 1. The van der Waals surface area contributed by atoms with Gasteiger partial charge in [-0.3, -0.25) is 4.90 Å². The van der Waals surface area contributed by atoms with E-state index in [-0.39, 0.29) is 0 Å². The maximum absolute atomic E-state index is 5.77. The van der Waals surface area contributed by atoms with Gasteiger partial charge in [-0.15, -0.1) is 0 Å². The Labute approximate surface area is 121 Å². The molecule has 5 nitrogen and oxygen atoms in total. The first-order valence-corrected chi connectivity index (χ1v) is 7.46. The standard InChI is InChI=1S/C15H26N2O3/c1-12(2)15-16-13(11-20-15)10-17-6-4-14(5-7-17)19-9-8-18-3/h11-12,14H,4-10H2,1-3H3. The third-order valence-electron chi connectivity index (χ3n) is 3.62. The average Bonchev–Trinajstić information content (AvgIpc) is 2.90. The number of oxazole rings is 1. The highest BCUT2D eigenvalue weighted by Crippen LogP contribution is 2.18. The van der Waals surface area contributed by atoms with Crippen molar-refractivity contribution >= 4 is 0 Å². The van der Waals surface area contributed by atoms with Crippen molar-refractivity contribution in [3.05, 3.63) is 17.8 Å². The molecule has 0 radical (unpaired) electrons. The fourth-order valence-electron chi connectivity index (χ4n) is 2.42. The van der Waals surface area contributed by atoms with E-state index in [4.69, 9.17) is 13.9 Å². The Bertz CT molecular complexity index is 384. The lowest BCUT2D eigenvalue weighted by molar-refractivity contribution is -0.0159. The van der Waals surface area contributed by atoms with Gasteiger partial charge in [-0.2, -0.15) is 0 Å². The fourth-order valence-corrected chi connectivity index (χ4v) is 2.42. The minimum absolute atomic E-state index is 0.351. The summed E-state index contributed by atoms with van der Waals surface area (Å²) in [5.41, 5.74) is 1.03. The number of likely N-dealkylation sites (tertiary alicyclic amines) is 1. The second-order valence-electron chi connectivity index (χ2n) is 5.67. The van der Waals surface area contributed by atoms with Gasteiger partial charge in [0.05, 0.1) is 25.0 Å². The smallest absolute Gasteiger partial charge is 0.196 e. The highest BCUT2D eigenvalue weighted by molar-refractivity contribution is 4.99. The molecule has 0 atom stereocenters. The van der Waals surface area contributed by atoms with Crippen LogP contribution >= 0.6 is 0 Å². The first-order valence-electron chi connectivity index (χ1n) is 7.46. The van der Waals surface area contributed by atoms with Gasteiger partial charge in [0.2, 0.25) is 0 Å². The molecule has 0 unspecified atom stereocenters. The molecule has 114 valence electrons. The molecule has 1 fully saturated rings.